The third-order valence-electron chi connectivity index (χ3n) is 6.70. The van der Waals surface area contributed by atoms with E-state index in [4.69, 9.17) is 4.74 Å². The van der Waals surface area contributed by atoms with Crippen molar-refractivity contribution in [3.8, 4) is 5.75 Å². The number of carbonyl (C=O) groups is 2. The Balaban J connectivity index is 1.58. The molecular formula is C25H26F4N2O5S. The highest BCUT2D eigenvalue weighted by Crippen LogP contribution is 2.43. The lowest BCUT2D eigenvalue weighted by Gasteiger charge is -2.28. The highest BCUT2D eigenvalue weighted by atomic mass is 32.2. The molecule has 1 saturated heterocycles. The SMILES string of the molecule is COc1ccc(S(C)(=O)=O)cc1C(=O)N1CCC[C@@H]1C(=O)NC(c1ccc(C(F)(F)F)cc1F)C1CC1. The number of nitrogens with zero attached hydrogens (tertiary/aromatic N) is 1. The van der Waals surface area contributed by atoms with Crippen molar-refractivity contribution in [3.63, 3.8) is 0 Å². The summed E-state index contributed by atoms with van der Waals surface area (Å²) in [6.07, 6.45) is -1.52. The fourth-order valence-corrected chi connectivity index (χ4v) is 5.25. The smallest absolute Gasteiger partial charge is 0.416 e. The van der Waals surface area contributed by atoms with Crippen LogP contribution < -0.4 is 10.1 Å². The molecule has 2 amide bonds. The van der Waals surface area contributed by atoms with Crippen molar-refractivity contribution in [2.24, 2.45) is 5.92 Å². The van der Waals surface area contributed by atoms with Crippen LogP contribution in [0.5, 0.6) is 5.75 Å². The number of rotatable bonds is 7. The lowest BCUT2D eigenvalue weighted by molar-refractivity contribution is -0.137. The molecule has 1 aliphatic carbocycles. The van der Waals surface area contributed by atoms with Crippen LogP contribution >= 0.6 is 0 Å². The monoisotopic (exact) mass is 542 g/mol. The zero-order valence-electron chi connectivity index (χ0n) is 20.1. The van der Waals surface area contributed by atoms with Gasteiger partial charge in [-0.05, 0) is 61.9 Å². The third-order valence-corrected chi connectivity index (χ3v) is 7.81. The second-order valence-electron chi connectivity index (χ2n) is 9.35. The van der Waals surface area contributed by atoms with Crippen molar-refractivity contribution in [2.45, 2.75) is 48.8 Å². The third kappa shape index (κ3) is 5.73. The standard InChI is InChI=1S/C25H26F4N2O5S/c1-36-21-10-8-16(37(2,34)35)13-18(21)24(33)31-11-3-4-20(31)23(32)30-22(14-5-6-14)17-9-7-15(12-19(17)26)25(27,28)29/h7-10,12-14,20,22H,3-6,11H2,1-2H3,(H,30,32)/t20-,22?/m1/s1. The first kappa shape index (κ1) is 26.9. The van der Waals surface area contributed by atoms with Crippen molar-refractivity contribution in [1.82, 2.24) is 10.2 Å². The number of sulfone groups is 1. The van der Waals surface area contributed by atoms with Crippen molar-refractivity contribution in [2.75, 3.05) is 19.9 Å². The molecule has 2 aromatic carbocycles. The lowest BCUT2D eigenvalue weighted by atomic mass is 9.99. The largest absolute Gasteiger partial charge is 0.496 e. The molecule has 2 aliphatic rings. The minimum absolute atomic E-state index is 0.0161. The molecule has 2 atom stereocenters. The Morgan fingerprint density at radius 1 is 1.11 bits per heavy atom. The van der Waals surface area contributed by atoms with E-state index in [0.29, 0.717) is 31.7 Å². The molecule has 200 valence electrons. The summed E-state index contributed by atoms with van der Waals surface area (Å²) in [4.78, 5) is 27.9. The van der Waals surface area contributed by atoms with Crippen LogP contribution in [0.1, 0.15) is 53.2 Å². The van der Waals surface area contributed by atoms with Gasteiger partial charge >= 0.3 is 6.18 Å². The topological polar surface area (TPSA) is 92.8 Å². The van der Waals surface area contributed by atoms with Crippen molar-refractivity contribution < 1.29 is 40.3 Å². The number of hydrogen-bond acceptors (Lipinski definition) is 5. The maximum Gasteiger partial charge on any atom is 0.416 e. The van der Waals surface area contributed by atoms with Crippen LogP contribution in [-0.4, -0.2) is 51.1 Å². The van der Waals surface area contributed by atoms with Crippen LogP contribution in [0.4, 0.5) is 17.6 Å². The first-order valence-electron chi connectivity index (χ1n) is 11.7. The van der Waals surface area contributed by atoms with Gasteiger partial charge in [-0.1, -0.05) is 6.07 Å². The molecule has 1 N–H and O–H groups in total. The first-order chi connectivity index (χ1) is 17.3. The van der Waals surface area contributed by atoms with E-state index in [1.54, 1.807) is 0 Å². The molecule has 2 fully saturated rings. The number of ether oxygens (including phenoxy) is 1. The molecule has 0 aromatic heterocycles. The predicted molar refractivity (Wildman–Crippen MR) is 125 cm³/mol. The number of alkyl halides is 3. The van der Waals surface area contributed by atoms with E-state index in [-0.39, 0.29) is 34.2 Å². The van der Waals surface area contributed by atoms with E-state index in [1.807, 2.05) is 0 Å². The van der Waals surface area contributed by atoms with Gasteiger partial charge in [0.15, 0.2) is 9.84 Å². The van der Waals surface area contributed by atoms with Crippen LogP contribution in [0.2, 0.25) is 0 Å². The summed E-state index contributed by atoms with van der Waals surface area (Å²) in [6.45, 7) is 0.228. The van der Waals surface area contributed by atoms with Crippen LogP contribution in [-0.2, 0) is 20.8 Å². The number of benzene rings is 2. The fourth-order valence-electron chi connectivity index (χ4n) is 4.61. The zero-order valence-corrected chi connectivity index (χ0v) is 21.0. The van der Waals surface area contributed by atoms with E-state index in [2.05, 4.69) is 5.32 Å². The molecule has 7 nitrogen and oxygen atoms in total. The summed E-state index contributed by atoms with van der Waals surface area (Å²) in [7, 11) is -2.28. The highest BCUT2D eigenvalue weighted by Gasteiger charge is 2.41. The molecule has 0 spiro atoms. The number of likely N-dealkylation sites (tertiary alicyclic amines) is 1. The number of nitrogens with one attached hydrogen (secondary N) is 1. The van der Waals surface area contributed by atoms with Crippen LogP contribution in [0.25, 0.3) is 0 Å². The van der Waals surface area contributed by atoms with E-state index < -0.39 is 51.3 Å². The Hall–Kier alpha value is -3.15. The second kappa shape index (κ2) is 9.96. The molecule has 1 heterocycles. The van der Waals surface area contributed by atoms with Crippen LogP contribution in [0, 0.1) is 11.7 Å². The average molecular weight is 543 g/mol. The molecular weight excluding hydrogens is 516 g/mol. The van der Waals surface area contributed by atoms with Gasteiger partial charge in [0.05, 0.1) is 29.2 Å². The number of hydrogen-bond donors (Lipinski definition) is 1. The summed E-state index contributed by atoms with van der Waals surface area (Å²) in [6, 6.07) is 4.38. The van der Waals surface area contributed by atoms with Crippen LogP contribution in [0.15, 0.2) is 41.3 Å². The summed E-state index contributed by atoms with van der Waals surface area (Å²) in [5.41, 5.74) is -1.17. The summed E-state index contributed by atoms with van der Waals surface area (Å²) in [5, 5.41) is 2.76. The molecule has 4 rings (SSSR count). The molecule has 1 unspecified atom stereocenters. The fraction of sp³-hybridized carbons (Fsp3) is 0.440. The molecule has 0 bridgehead atoms. The van der Waals surface area contributed by atoms with Gasteiger partial charge in [0.1, 0.15) is 17.6 Å². The van der Waals surface area contributed by atoms with Crippen LogP contribution in [0.3, 0.4) is 0 Å². The Morgan fingerprint density at radius 3 is 2.38 bits per heavy atom. The highest BCUT2D eigenvalue weighted by molar-refractivity contribution is 7.90. The Bertz CT molecular complexity index is 1320. The minimum atomic E-state index is -4.70. The van der Waals surface area contributed by atoms with Crippen molar-refractivity contribution in [3.05, 3.63) is 58.9 Å². The molecule has 0 radical (unpaired) electrons. The number of carbonyl (C=O) groups excluding carboxylic acids is 2. The van der Waals surface area contributed by atoms with E-state index in [9.17, 15) is 35.6 Å². The Morgan fingerprint density at radius 2 is 1.81 bits per heavy atom. The summed E-state index contributed by atoms with van der Waals surface area (Å²) < 4.78 is 82.9. The summed E-state index contributed by atoms with van der Waals surface area (Å²) in [5.74, 6) is -2.20. The average Bonchev–Trinajstić information content (AvgIpc) is 3.55. The summed E-state index contributed by atoms with van der Waals surface area (Å²) >= 11 is 0. The predicted octanol–water partition coefficient (Wildman–Crippen LogP) is 4.13. The molecule has 2 aromatic rings. The first-order valence-corrected chi connectivity index (χ1v) is 13.6. The maximum atomic E-state index is 14.7. The van der Waals surface area contributed by atoms with Gasteiger partial charge in [-0.2, -0.15) is 13.2 Å². The van der Waals surface area contributed by atoms with Gasteiger partial charge in [0.25, 0.3) is 5.91 Å². The molecule has 37 heavy (non-hydrogen) atoms. The van der Waals surface area contributed by atoms with Gasteiger partial charge in [-0.25, -0.2) is 12.8 Å². The van der Waals surface area contributed by atoms with E-state index in [0.717, 1.165) is 18.4 Å². The normalized spacial score (nSPS) is 19.0. The Labute approximate surface area is 211 Å². The number of methoxy groups -OCH3 is 1. The number of amides is 2. The van der Waals surface area contributed by atoms with Gasteiger partial charge in [-0.3, -0.25) is 9.59 Å². The van der Waals surface area contributed by atoms with E-state index >= 15 is 0 Å². The number of halogens is 4. The van der Waals surface area contributed by atoms with Gasteiger partial charge < -0.3 is 15.0 Å². The second-order valence-corrected chi connectivity index (χ2v) is 11.4. The van der Waals surface area contributed by atoms with Gasteiger partial charge in [-0.15, -0.1) is 0 Å². The quantitative estimate of drug-likeness (QED) is 0.532. The Kier molecular flexibility index (Phi) is 7.24. The van der Waals surface area contributed by atoms with Crippen molar-refractivity contribution in [1.29, 1.82) is 0 Å². The van der Waals surface area contributed by atoms with Gasteiger partial charge in [0.2, 0.25) is 5.91 Å². The minimum Gasteiger partial charge on any atom is -0.496 e. The molecule has 12 heteroatoms. The molecule has 1 saturated carbocycles. The zero-order chi connectivity index (χ0) is 27.1. The molecule has 1 aliphatic heterocycles. The van der Waals surface area contributed by atoms with Crippen molar-refractivity contribution >= 4 is 21.7 Å². The maximum absolute atomic E-state index is 14.7. The lowest BCUT2D eigenvalue weighted by Crippen LogP contribution is -2.47. The van der Waals surface area contributed by atoms with E-state index in [1.165, 1.54) is 30.2 Å². The van der Waals surface area contributed by atoms with Gasteiger partial charge in [0, 0.05) is 18.4 Å².